The molecule has 0 saturated carbocycles. The standard InChI is InChI=1S/C17H20N4OS/c22-15(14-4-1-11-23-14)20-9-2-5-17(12-20)6-10-21(13-17)16-18-7-3-8-19-16/h1,3-4,7-8,11H,2,5-6,9-10,12-13H2. The van der Waals surface area contributed by atoms with Crippen molar-refractivity contribution in [1.82, 2.24) is 14.9 Å². The van der Waals surface area contributed by atoms with E-state index < -0.39 is 0 Å². The third kappa shape index (κ3) is 2.83. The molecular weight excluding hydrogens is 308 g/mol. The maximum atomic E-state index is 12.7. The minimum Gasteiger partial charge on any atom is -0.340 e. The number of hydrogen-bond acceptors (Lipinski definition) is 5. The van der Waals surface area contributed by atoms with Gasteiger partial charge in [-0.3, -0.25) is 4.79 Å². The summed E-state index contributed by atoms with van der Waals surface area (Å²) in [5.41, 5.74) is 0.199. The van der Waals surface area contributed by atoms with Crippen LogP contribution in [0.2, 0.25) is 0 Å². The van der Waals surface area contributed by atoms with Crippen LogP contribution in [-0.2, 0) is 0 Å². The van der Waals surface area contributed by atoms with Crippen molar-refractivity contribution in [2.75, 3.05) is 31.1 Å². The maximum Gasteiger partial charge on any atom is 0.263 e. The minimum atomic E-state index is 0.188. The molecule has 23 heavy (non-hydrogen) atoms. The second-order valence-corrected chi connectivity index (χ2v) is 7.48. The molecule has 120 valence electrons. The summed E-state index contributed by atoms with van der Waals surface area (Å²) in [6.45, 7) is 3.66. The Balaban J connectivity index is 1.48. The molecule has 0 aliphatic carbocycles. The van der Waals surface area contributed by atoms with Crippen LogP contribution in [0.1, 0.15) is 28.9 Å². The van der Waals surface area contributed by atoms with Gasteiger partial charge in [0, 0.05) is 44.0 Å². The van der Waals surface area contributed by atoms with E-state index in [1.165, 1.54) is 17.8 Å². The maximum absolute atomic E-state index is 12.7. The Kier molecular flexibility index (Phi) is 3.77. The first-order chi connectivity index (χ1) is 11.3. The van der Waals surface area contributed by atoms with Crippen molar-refractivity contribution in [1.29, 1.82) is 0 Å². The lowest BCUT2D eigenvalue weighted by atomic mass is 9.79. The van der Waals surface area contributed by atoms with E-state index in [2.05, 4.69) is 14.9 Å². The number of rotatable bonds is 2. The molecule has 0 N–H and O–H groups in total. The van der Waals surface area contributed by atoms with E-state index in [1.807, 2.05) is 28.5 Å². The van der Waals surface area contributed by atoms with Crippen LogP contribution in [-0.4, -0.2) is 47.0 Å². The lowest BCUT2D eigenvalue weighted by Gasteiger charge is -2.40. The first-order valence-electron chi connectivity index (χ1n) is 8.11. The molecule has 5 nitrogen and oxygen atoms in total. The normalized spacial score (nSPS) is 24.3. The van der Waals surface area contributed by atoms with Crippen molar-refractivity contribution in [2.24, 2.45) is 5.41 Å². The second-order valence-electron chi connectivity index (χ2n) is 6.53. The Labute approximate surface area is 140 Å². The quantitative estimate of drug-likeness (QED) is 0.850. The minimum absolute atomic E-state index is 0.188. The van der Waals surface area contributed by atoms with E-state index in [1.54, 1.807) is 12.4 Å². The number of piperidine rings is 1. The number of aromatic nitrogens is 2. The Morgan fingerprint density at radius 1 is 1.13 bits per heavy atom. The molecule has 0 aromatic carbocycles. The fraction of sp³-hybridized carbons (Fsp3) is 0.471. The molecular formula is C17H20N4OS. The van der Waals surface area contributed by atoms with Crippen LogP contribution in [0, 0.1) is 5.41 Å². The molecule has 1 unspecified atom stereocenters. The smallest absolute Gasteiger partial charge is 0.263 e. The summed E-state index contributed by atoms with van der Waals surface area (Å²) >= 11 is 1.53. The molecule has 2 saturated heterocycles. The van der Waals surface area contributed by atoms with Crippen LogP contribution in [0.15, 0.2) is 36.0 Å². The van der Waals surface area contributed by atoms with E-state index >= 15 is 0 Å². The van der Waals surface area contributed by atoms with E-state index in [9.17, 15) is 4.79 Å². The Morgan fingerprint density at radius 2 is 2.00 bits per heavy atom. The average Bonchev–Trinajstić information content (AvgIpc) is 3.26. The Bertz CT molecular complexity index is 675. The lowest BCUT2D eigenvalue weighted by Crippen LogP contribution is -2.47. The molecule has 2 fully saturated rings. The van der Waals surface area contributed by atoms with Gasteiger partial charge in [0.05, 0.1) is 4.88 Å². The van der Waals surface area contributed by atoms with E-state index in [0.717, 1.165) is 49.8 Å². The van der Waals surface area contributed by atoms with Crippen molar-refractivity contribution in [2.45, 2.75) is 19.3 Å². The third-order valence-corrected chi connectivity index (χ3v) is 5.81. The summed E-state index contributed by atoms with van der Waals surface area (Å²) in [7, 11) is 0. The molecule has 4 rings (SSSR count). The number of thiophene rings is 1. The number of carbonyl (C=O) groups is 1. The van der Waals surface area contributed by atoms with Gasteiger partial charge in [-0.2, -0.15) is 0 Å². The molecule has 1 spiro atoms. The number of likely N-dealkylation sites (tertiary alicyclic amines) is 1. The molecule has 1 amide bonds. The summed E-state index contributed by atoms with van der Waals surface area (Å²) < 4.78 is 0. The Hall–Kier alpha value is -1.95. The molecule has 2 aromatic heterocycles. The largest absolute Gasteiger partial charge is 0.340 e. The van der Waals surface area contributed by atoms with Gasteiger partial charge < -0.3 is 9.80 Å². The lowest BCUT2D eigenvalue weighted by molar-refractivity contribution is 0.0561. The van der Waals surface area contributed by atoms with Gasteiger partial charge in [0.15, 0.2) is 0 Å². The van der Waals surface area contributed by atoms with Crippen molar-refractivity contribution in [3.63, 3.8) is 0 Å². The number of hydrogen-bond donors (Lipinski definition) is 0. The SMILES string of the molecule is O=C(c1cccs1)N1CCCC2(CCN(c3ncccn3)C2)C1. The fourth-order valence-corrected chi connectivity index (χ4v) is 4.52. The number of carbonyl (C=O) groups excluding carboxylic acids is 1. The third-order valence-electron chi connectivity index (χ3n) is 4.95. The van der Waals surface area contributed by atoms with Gasteiger partial charge in [-0.1, -0.05) is 6.07 Å². The van der Waals surface area contributed by atoms with Crippen LogP contribution in [0.3, 0.4) is 0 Å². The molecule has 0 bridgehead atoms. The summed E-state index contributed by atoms with van der Waals surface area (Å²) in [5, 5.41) is 1.97. The zero-order chi connectivity index (χ0) is 15.7. The van der Waals surface area contributed by atoms with Gasteiger partial charge in [0.25, 0.3) is 5.91 Å². The van der Waals surface area contributed by atoms with Crippen LogP contribution in [0.5, 0.6) is 0 Å². The predicted molar refractivity (Wildman–Crippen MR) is 90.8 cm³/mol. The number of amides is 1. The molecule has 6 heteroatoms. The summed E-state index contributed by atoms with van der Waals surface area (Å²) in [6.07, 6.45) is 6.96. The average molecular weight is 328 g/mol. The fourth-order valence-electron chi connectivity index (χ4n) is 3.83. The first kappa shape index (κ1) is 14.6. The van der Waals surface area contributed by atoms with Gasteiger partial charge in [-0.15, -0.1) is 11.3 Å². The van der Waals surface area contributed by atoms with Crippen LogP contribution in [0.25, 0.3) is 0 Å². The molecule has 2 aliphatic rings. The predicted octanol–water partition coefficient (Wildman–Crippen LogP) is 2.67. The first-order valence-corrected chi connectivity index (χ1v) is 8.99. The van der Waals surface area contributed by atoms with Crippen LogP contribution >= 0.6 is 11.3 Å². The summed E-state index contributed by atoms with van der Waals surface area (Å²) in [5.74, 6) is 1.000. The topological polar surface area (TPSA) is 49.3 Å². The molecule has 4 heterocycles. The molecule has 2 aliphatic heterocycles. The highest BCUT2D eigenvalue weighted by molar-refractivity contribution is 7.12. The number of nitrogens with zero attached hydrogens (tertiary/aromatic N) is 4. The highest BCUT2D eigenvalue weighted by Crippen LogP contribution is 2.40. The Morgan fingerprint density at radius 3 is 2.78 bits per heavy atom. The molecule has 0 radical (unpaired) electrons. The van der Waals surface area contributed by atoms with Gasteiger partial charge >= 0.3 is 0 Å². The van der Waals surface area contributed by atoms with Gasteiger partial charge in [0.1, 0.15) is 0 Å². The van der Waals surface area contributed by atoms with Crippen molar-refractivity contribution < 1.29 is 4.79 Å². The second kappa shape index (κ2) is 5.92. The highest BCUT2D eigenvalue weighted by Gasteiger charge is 2.43. The molecule has 1 atom stereocenters. The van der Waals surface area contributed by atoms with E-state index in [0.29, 0.717) is 0 Å². The van der Waals surface area contributed by atoms with Crippen LogP contribution in [0.4, 0.5) is 5.95 Å². The van der Waals surface area contributed by atoms with E-state index in [-0.39, 0.29) is 11.3 Å². The number of anilines is 1. The highest BCUT2D eigenvalue weighted by atomic mass is 32.1. The van der Waals surface area contributed by atoms with Crippen molar-refractivity contribution in [3.05, 3.63) is 40.8 Å². The van der Waals surface area contributed by atoms with Crippen molar-refractivity contribution in [3.8, 4) is 0 Å². The summed E-state index contributed by atoms with van der Waals surface area (Å²) in [4.78, 5) is 26.5. The zero-order valence-electron chi connectivity index (χ0n) is 13.0. The van der Waals surface area contributed by atoms with Gasteiger partial charge in [-0.05, 0) is 36.8 Å². The van der Waals surface area contributed by atoms with Crippen LogP contribution < -0.4 is 4.90 Å². The van der Waals surface area contributed by atoms with Crippen molar-refractivity contribution >= 4 is 23.2 Å². The monoisotopic (exact) mass is 328 g/mol. The molecule has 2 aromatic rings. The van der Waals surface area contributed by atoms with Gasteiger partial charge in [-0.25, -0.2) is 9.97 Å². The van der Waals surface area contributed by atoms with Gasteiger partial charge in [0.2, 0.25) is 5.95 Å². The summed E-state index contributed by atoms with van der Waals surface area (Å²) in [6, 6.07) is 5.71. The van der Waals surface area contributed by atoms with E-state index in [4.69, 9.17) is 0 Å². The zero-order valence-corrected chi connectivity index (χ0v) is 13.8.